The van der Waals surface area contributed by atoms with Gasteiger partial charge in [-0.05, 0) is 25.1 Å². The molecular weight excluding hydrogens is 296 g/mol. The van der Waals surface area contributed by atoms with Crippen LogP contribution >= 0.6 is 0 Å². The number of aryl methyl sites for hydroxylation is 1. The fraction of sp³-hybridized carbons (Fsp3) is 0.125. The van der Waals surface area contributed by atoms with Crippen molar-refractivity contribution in [2.24, 2.45) is 0 Å². The van der Waals surface area contributed by atoms with E-state index in [2.05, 4.69) is 11.1 Å². The number of imidazole rings is 1. The van der Waals surface area contributed by atoms with Crippen LogP contribution in [0, 0.1) is 28.4 Å². The Kier molecular flexibility index (Phi) is 3.43. The predicted molar refractivity (Wildman–Crippen MR) is 83.3 cm³/mol. The van der Waals surface area contributed by atoms with Crippen LogP contribution in [0.4, 0.5) is 5.69 Å². The van der Waals surface area contributed by atoms with Crippen molar-refractivity contribution in [1.29, 1.82) is 5.26 Å². The van der Waals surface area contributed by atoms with Gasteiger partial charge in [0.05, 0.1) is 18.2 Å². The maximum Gasteiger partial charge on any atom is 0.286 e. The Morgan fingerprint density at radius 1 is 1.35 bits per heavy atom. The van der Waals surface area contributed by atoms with Crippen molar-refractivity contribution in [3.8, 4) is 23.1 Å². The third-order valence-electron chi connectivity index (χ3n) is 3.53. The predicted octanol–water partition coefficient (Wildman–Crippen LogP) is 3.10. The zero-order chi connectivity index (χ0) is 16.6. The lowest BCUT2D eigenvalue weighted by atomic mass is 10.1. The Morgan fingerprint density at radius 3 is 2.78 bits per heavy atom. The molecule has 114 valence electrons. The Hall–Kier alpha value is -3.40. The molecule has 0 N–H and O–H groups in total. The lowest BCUT2D eigenvalue weighted by Crippen LogP contribution is -1.94. The highest BCUT2D eigenvalue weighted by Gasteiger charge is 2.19. The minimum absolute atomic E-state index is 0.103. The summed E-state index contributed by atoms with van der Waals surface area (Å²) in [6.45, 7) is 1.93. The average molecular weight is 308 g/mol. The summed E-state index contributed by atoms with van der Waals surface area (Å²) in [4.78, 5) is 14.9. The molecule has 2 aromatic heterocycles. The van der Waals surface area contributed by atoms with Crippen molar-refractivity contribution >= 4 is 11.3 Å². The molecule has 3 rings (SSSR count). The molecule has 2 heterocycles. The minimum Gasteiger partial charge on any atom is -0.496 e. The number of nitro groups is 1. The van der Waals surface area contributed by atoms with Gasteiger partial charge in [0.2, 0.25) is 0 Å². The van der Waals surface area contributed by atoms with Crippen molar-refractivity contribution in [3.63, 3.8) is 0 Å². The van der Waals surface area contributed by atoms with Crippen LogP contribution in [0.5, 0.6) is 5.75 Å². The van der Waals surface area contributed by atoms with E-state index in [4.69, 9.17) is 4.74 Å². The van der Waals surface area contributed by atoms with Gasteiger partial charge in [-0.2, -0.15) is 5.26 Å². The number of aromatic nitrogens is 2. The molecule has 0 fully saturated rings. The maximum absolute atomic E-state index is 10.9. The molecular formula is C16H12N4O3. The first-order valence-electron chi connectivity index (χ1n) is 6.76. The summed E-state index contributed by atoms with van der Waals surface area (Å²) in [6.07, 6.45) is 1.30. The Balaban J connectivity index is 2.33. The fourth-order valence-electron chi connectivity index (χ4n) is 2.44. The SMILES string of the molecule is COc1ccc(C)cc1-c1nc2ccc([N+](=O)[O-])cn2c1C#N. The van der Waals surface area contributed by atoms with Gasteiger partial charge in [0.15, 0.2) is 5.69 Å². The zero-order valence-electron chi connectivity index (χ0n) is 12.5. The Morgan fingerprint density at radius 2 is 2.13 bits per heavy atom. The molecule has 0 atom stereocenters. The van der Waals surface area contributed by atoms with E-state index < -0.39 is 4.92 Å². The molecule has 0 amide bonds. The quantitative estimate of drug-likeness (QED) is 0.547. The number of nitrogens with zero attached hydrogens (tertiary/aromatic N) is 4. The summed E-state index contributed by atoms with van der Waals surface area (Å²) in [7, 11) is 1.54. The number of hydrogen-bond donors (Lipinski definition) is 0. The largest absolute Gasteiger partial charge is 0.496 e. The van der Waals surface area contributed by atoms with Gasteiger partial charge in [-0.1, -0.05) is 11.6 Å². The molecule has 3 aromatic rings. The topological polar surface area (TPSA) is 93.5 Å². The lowest BCUT2D eigenvalue weighted by Gasteiger charge is -2.07. The van der Waals surface area contributed by atoms with Crippen molar-refractivity contribution in [2.75, 3.05) is 7.11 Å². The van der Waals surface area contributed by atoms with Crippen molar-refractivity contribution in [1.82, 2.24) is 9.38 Å². The van der Waals surface area contributed by atoms with E-state index >= 15 is 0 Å². The molecule has 0 aliphatic rings. The van der Waals surface area contributed by atoms with Gasteiger partial charge >= 0.3 is 0 Å². The second kappa shape index (κ2) is 5.42. The highest BCUT2D eigenvalue weighted by molar-refractivity contribution is 5.75. The van der Waals surface area contributed by atoms with Gasteiger partial charge in [0.1, 0.15) is 23.2 Å². The summed E-state index contributed by atoms with van der Waals surface area (Å²) in [5.41, 5.74) is 2.70. The smallest absolute Gasteiger partial charge is 0.286 e. The number of benzene rings is 1. The molecule has 0 radical (unpaired) electrons. The molecule has 1 aromatic carbocycles. The monoisotopic (exact) mass is 308 g/mol. The molecule has 0 saturated carbocycles. The van der Waals surface area contributed by atoms with Gasteiger partial charge in [-0.3, -0.25) is 14.5 Å². The number of fused-ring (bicyclic) bond motifs is 1. The normalized spacial score (nSPS) is 10.5. The molecule has 0 aliphatic heterocycles. The second-order valence-electron chi connectivity index (χ2n) is 5.00. The number of nitriles is 1. The first-order valence-corrected chi connectivity index (χ1v) is 6.76. The van der Waals surface area contributed by atoms with E-state index in [0.29, 0.717) is 22.7 Å². The van der Waals surface area contributed by atoms with E-state index in [1.54, 1.807) is 13.2 Å². The summed E-state index contributed by atoms with van der Waals surface area (Å²) in [6, 6.07) is 10.5. The van der Waals surface area contributed by atoms with Crippen molar-refractivity contribution in [2.45, 2.75) is 6.92 Å². The van der Waals surface area contributed by atoms with E-state index in [9.17, 15) is 15.4 Å². The summed E-state index contributed by atoms with van der Waals surface area (Å²) < 4.78 is 6.77. The molecule has 0 unspecified atom stereocenters. The van der Waals surface area contributed by atoms with Crippen LogP contribution in [0.25, 0.3) is 16.9 Å². The fourth-order valence-corrected chi connectivity index (χ4v) is 2.44. The molecule has 23 heavy (non-hydrogen) atoms. The van der Waals surface area contributed by atoms with Gasteiger partial charge in [-0.25, -0.2) is 4.98 Å². The second-order valence-corrected chi connectivity index (χ2v) is 5.00. The first kappa shape index (κ1) is 14.5. The standard InChI is InChI=1S/C16H12N4O3/c1-10-3-5-14(23-2)12(7-10)16-13(8-17)19-9-11(20(21)22)4-6-15(19)18-16/h3-7,9H,1-2H3. The van der Waals surface area contributed by atoms with Crippen LogP contribution in [0.15, 0.2) is 36.5 Å². The van der Waals surface area contributed by atoms with E-state index in [0.717, 1.165) is 5.56 Å². The highest BCUT2D eigenvalue weighted by atomic mass is 16.6. The summed E-state index contributed by atoms with van der Waals surface area (Å²) in [5.74, 6) is 0.588. The Labute approximate surface area is 131 Å². The maximum atomic E-state index is 10.9. The van der Waals surface area contributed by atoms with Crippen LogP contribution in [-0.4, -0.2) is 21.4 Å². The molecule has 0 spiro atoms. The van der Waals surface area contributed by atoms with Crippen LogP contribution < -0.4 is 4.74 Å². The molecule has 0 saturated heterocycles. The van der Waals surface area contributed by atoms with E-state index in [1.807, 2.05) is 19.1 Å². The van der Waals surface area contributed by atoms with Gasteiger partial charge < -0.3 is 4.74 Å². The average Bonchev–Trinajstić information content (AvgIpc) is 2.92. The third kappa shape index (κ3) is 2.36. The van der Waals surface area contributed by atoms with Gasteiger partial charge in [0, 0.05) is 11.6 Å². The van der Waals surface area contributed by atoms with Gasteiger partial charge in [0.25, 0.3) is 5.69 Å². The molecule has 0 bridgehead atoms. The first-order chi connectivity index (χ1) is 11.0. The third-order valence-corrected chi connectivity index (χ3v) is 3.53. The van der Waals surface area contributed by atoms with Crippen LogP contribution in [-0.2, 0) is 0 Å². The number of rotatable bonds is 3. The van der Waals surface area contributed by atoms with E-state index in [-0.39, 0.29) is 11.4 Å². The van der Waals surface area contributed by atoms with Crippen molar-refractivity contribution < 1.29 is 9.66 Å². The van der Waals surface area contributed by atoms with Gasteiger partial charge in [-0.15, -0.1) is 0 Å². The van der Waals surface area contributed by atoms with Crippen LogP contribution in [0.3, 0.4) is 0 Å². The Bertz CT molecular complexity index is 969. The van der Waals surface area contributed by atoms with Crippen LogP contribution in [0.2, 0.25) is 0 Å². The number of methoxy groups -OCH3 is 1. The lowest BCUT2D eigenvalue weighted by molar-refractivity contribution is -0.385. The number of ether oxygens (including phenoxy) is 1. The number of hydrogen-bond acceptors (Lipinski definition) is 5. The van der Waals surface area contributed by atoms with Crippen LogP contribution in [0.1, 0.15) is 11.3 Å². The minimum atomic E-state index is -0.506. The molecule has 0 aliphatic carbocycles. The molecule has 7 heteroatoms. The zero-order valence-corrected chi connectivity index (χ0v) is 12.5. The number of pyridine rings is 1. The highest BCUT2D eigenvalue weighted by Crippen LogP contribution is 2.33. The van der Waals surface area contributed by atoms with Crippen molar-refractivity contribution in [3.05, 3.63) is 57.9 Å². The van der Waals surface area contributed by atoms with E-state index in [1.165, 1.54) is 22.7 Å². The summed E-state index contributed by atoms with van der Waals surface area (Å²) in [5, 5.41) is 20.4. The summed E-state index contributed by atoms with van der Waals surface area (Å²) >= 11 is 0. The molecule has 7 nitrogen and oxygen atoms in total.